The lowest BCUT2D eigenvalue weighted by atomic mass is 10.0. The lowest BCUT2D eigenvalue weighted by molar-refractivity contribution is -0.137. The summed E-state index contributed by atoms with van der Waals surface area (Å²) in [5.41, 5.74) is 0.911. The lowest BCUT2D eigenvalue weighted by Crippen LogP contribution is -2.27. The summed E-state index contributed by atoms with van der Waals surface area (Å²) in [7, 11) is 0. The Morgan fingerprint density at radius 2 is 1.61 bits per heavy atom. The zero-order valence-corrected chi connectivity index (χ0v) is 16.2. The van der Waals surface area contributed by atoms with Crippen LogP contribution in [0.3, 0.4) is 0 Å². The average Bonchev–Trinajstić information content (AvgIpc) is 2.78. The molecular formula is C24H18F3N3O. The van der Waals surface area contributed by atoms with Gasteiger partial charge >= 0.3 is 6.18 Å². The van der Waals surface area contributed by atoms with E-state index in [9.17, 15) is 18.0 Å². The Morgan fingerprint density at radius 1 is 0.871 bits per heavy atom. The Kier molecular flexibility index (Phi) is 5.58. The zero-order valence-electron chi connectivity index (χ0n) is 16.2. The van der Waals surface area contributed by atoms with Crippen LogP contribution in [0.4, 0.5) is 24.5 Å². The predicted octanol–water partition coefficient (Wildman–Crippen LogP) is 6.05. The van der Waals surface area contributed by atoms with Gasteiger partial charge in [-0.05, 0) is 42.0 Å². The largest absolute Gasteiger partial charge is 0.416 e. The predicted molar refractivity (Wildman–Crippen MR) is 115 cm³/mol. The van der Waals surface area contributed by atoms with Gasteiger partial charge in [0.05, 0.1) is 5.56 Å². The number of para-hydroxylation sites is 1. The van der Waals surface area contributed by atoms with Crippen LogP contribution in [0.5, 0.6) is 0 Å². The van der Waals surface area contributed by atoms with Crippen molar-refractivity contribution in [2.45, 2.75) is 12.2 Å². The lowest BCUT2D eigenvalue weighted by Gasteiger charge is -2.21. The molecule has 0 spiro atoms. The van der Waals surface area contributed by atoms with E-state index in [-0.39, 0.29) is 0 Å². The summed E-state index contributed by atoms with van der Waals surface area (Å²) in [5, 5.41) is 7.69. The van der Waals surface area contributed by atoms with E-state index in [1.54, 1.807) is 42.7 Å². The Balaban J connectivity index is 1.67. The number of benzene rings is 3. The first-order valence-electron chi connectivity index (χ1n) is 9.54. The number of hydrogen-bond donors (Lipinski definition) is 2. The number of carbonyl (C=O) groups excluding carboxylic acids is 1. The Bertz CT molecular complexity index is 1190. The number of nitrogens with zero attached hydrogens (tertiary/aromatic N) is 1. The van der Waals surface area contributed by atoms with Crippen LogP contribution >= 0.6 is 0 Å². The van der Waals surface area contributed by atoms with Gasteiger partial charge in [0.2, 0.25) is 0 Å². The molecule has 0 bridgehead atoms. The first-order valence-corrected chi connectivity index (χ1v) is 9.54. The van der Waals surface area contributed by atoms with Crippen LogP contribution in [-0.2, 0) is 11.0 Å². The van der Waals surface area contributed by atoms with Crippen molar-refractivity contribution in [3.63, 3.8) is 0 Å². The molecule has 0 saturated heterocycles. The van der Waals surface area contributed by atoms with E-state index in [4.69, 9.17) is 0 Å². The number of aromatic nitrogens is 1. The minimum Gasteiger partial charge on any atom is -0.370 e. The van der Waals surface area contributed by atoms with E-state index >= 15 is 0 Å². The van der Waals surface area contributed by atoms with Crippen molar-refractivity contribution < 1.29 is 18.0 Å². The van der Waals surface area contributed by atoms with Gasteiger partial charge in [0.1, 0.15) is 6.04 Å². The third-order valence-electron chi connectivity index (χ3n) is 4.86. The molecule has 31 heavy (non-hydrogen) atoms. The maximum Gasteiger partial charge on any atom is 0.416 e. The molecule has 2 N–H and O–H groups in total. The summed E-state index contributed by atoms with van der Waals surface area (Å²) in [6.07, 6.45) is -1.12. The number of nitrogens with one attached hydrogen (secondary N) is 2. The molecule has 4 aromatic rings. The highest BCUT2D eigenvalue weighted by Gasteiger charge is 2.31. The number of fused-ring (bicyclic) bond motifs is 1. The number of carbonyl (C=O) groups is 1. The van der Waals surface area contributed by atoms with Crippen LogP contribution in [0.25, 0.3) is 10.8 Å². The molecule has 1 amide bonds. The van der Waals surface area contributed by atoms with Gasteiger partial charge in [0.25, 0.3) is 5.91 Å². The van der Waals surface area contributed by atoms with E-state index in [0.717, 1.165) is 22.9 Å². The molecule has 1 heterocycles. The maximum atomic E-state index is 13.2. The summed E-state index contributed by atoms with van der Waals surface area (Å²) in [6, 6.07) is 20.0. The van der Waals surface area contributed by atoms with Crippen LogP contribution in [0.15, 0.2) is 91.3 Å². The molecule has 1 unspecified atom stereocenters. The smallest absolute Gasteiger partial charge is 0.370 e. The van der Waals surface area contributed by atoms with E-state index < -0.39 is 23.7 Å². The Hall–Kier alpha value is -3.87. The van der Waals surface area contributed by atoms with Crippen LogP contribution < -0.4 is 10.6 Å². The number of anilines is 2. The molecule has 0 saturated carbocycles. The zero-order chi connectivity index (χ0) is 21.8. The van der Waals surface area contributed by atoms with Crippen molar-refractivity contribution in [3.05, 3.63) is 102 Å². The fourth-order valence-electron chi connectivity index (χ4n) is 3.30. The first-order chi connectivity index (χ1) is 14.9. The van der Waals surface area contributed by atoms with Gasteiger partial charge in [-0.25, -0.2) is 0 Å². The normalized spacial score (nSPS) is 12.4. The molecule has 156 valence electrons. The molecule has 0 aliphatic heterocycles. The minimum absolute atomic E-state index is 0.395. The SMILES string of the molecule is O=C(Nc1cccc2cnccc12)C(Nc1ccccc1)c1ccc(C(F)(F)F)cc1. The second-order valence-electron chi connectivity index (χ2n) is 6.95. The second-order valence-corrected chi connectivity index (χ2v) is 6.95. The summed E-state index contributed by atoms with van der Waals surface area (Å²) < 4.78 is 38.9. The quantitative estimate of drug-likeness (QED) is 0.413. The number of hydrogen-bond acceptors (Lipinski definition) is 3. The standard InChI is InChI=1S/C24H18F3N3O/c25-24(26,27)18-11-9-16(10-12-18)22(29-19-6-2-1-3-7-19)23(31)30-21-8-4-5-17-15-28-14-13-20(17)21/h1-15,22,29H,(H,30,31). The van der Waals surface area contributed by atoms with E-state index in [2.05, 4.69) is 15.6 Å². The topological polar surface area (TPSA) is 54.0 Å². The van der Waals surface area contributed by atoms with Gasteiger partial charge in [-0.1, -0.05) is 42.5 Å². The molecule has 3 aromatic carbocycles. The number of halogens is 3. The van der Waals surface area contributed by atoms with E-state index in [1.807, 2.05) is 24.3 Å². The van der Waals surface area contributed by atoms with Crippen molar-refractivity contribution in [1.82, 2.24) is 4.98 Å². The highest BCUT2D eigenvalue weighted by atomic mass is 19.4. The number of rotatable bonds is 5. The fraction of sp³-hybridized carbons (Fsp3) is 0.0833. The van der Waals surface area contributed by atoms with Gasteiger partial charge in [0, 0.05) is 34.5 Å². The van der Waals surface area contributed by atoms with Gasteiger partial charge in [0.15, 0.2) is 0 Å². The van der Waals surface area contributed by atoms with Crippen LogP contribution in [0.2, 0.25) is 0 Å². The third kappa shape index (κ3) is 4.66. The molecular weight excluding hydrogens is 403 g/mol. The first kappa shape index (κ1) is 20.4. The molecule has 1 aromatic heterocycles. The van der Waals surface area contributed by atoms with Crippen molar-refractivity contribution in [2.75, 3.05) is 10.6 Å². The highest BCUT2D eigenvalue weighted by molar-refractivity contribution is 6.04. The minimum atomic E-state index is -4.44. The van der Waals surface area contributed by atoms with Crippen molar-refractivity contribution in [2.24, 2.45) is 0 Å². The van der Waals surface area contributed by atoms with E-state index in [1.165, 1.54) is 12.1 Å². The molecule has 0 radical (unpaired) electrons. The molecule has 4 rings (SSSR count). The second kappa shape index (κ2) is 8.47. The molecule has 4 nitrogen and oxygen atoms in total. The average molecular weight is 421 g/mol. The van der Waals surface area contributed by atoms with Gasteiger partial charge in [-0.15, -0.1) is 0 Å². The highest BCUT2D eigenvalue weighted by Crippen LogP contribution is 2.31. The fourth-order valence-corrected chi connectivity index (χ4v) is 3.30. The Morgan fingerprint density at radius 3 is 2.32 bits per heavy atom. The van der Waals surface area contributed by atoms with Crippen molar-refractivity contribution in [1.29, 1.82) is 0 Å². The van der Waals surface area contributed by atoms with Gasteiger partial charge < -0.3 is 10.6 Å². The summed E-state index contributed by atoms with van der Waals surface area (Å²) >= 11 is 0. The monoisotopic (exact) mass is 421 g/mol. The van der Waals surface area contributed by atoms with Crippen molar-refractivity contribution in [3.8, 4) is 0 Å². The van der Waals surface area contributed by atoms with Crippen LogP contribution in [0, 0.1) is 0 Å². The van der Waals surface area contributed by atoms with Gasteiger partial charge in [-0.3, -0.25) is 9.78 Å². The molecule has 0 fully saturated rings. The van der Waals surface area contributed by atoms with Gasteiger partial charge in [-0.2, -0.15) is 13.2 Å². The van der Waals surface area contributed by atoms with Crippen LogP contribution in [-0.4, -0.2) is 10.9 Å². The maximum absolute atomic E-state index is 13.2. The number of alkyl halides is 3. The van der Waals surface area contributed by atoms with Crippen molar-refractivity contribution >= 4 is 28.1 Å². The molecule has 7 heteroatoms. The molecule has 0 aliphatic rings. The van der Waals surface area contributed by atoms with E-state index in [0.29, 0.717) is 16.9 Å². The van der Waals surface area contributed by atoms with Crippen LogP contribution in [0.1, 0.15) is 17.2 Å². The summed E-state index contributed by atoms with van der Waals surface area (Å²) in [5.74, 6) is -0.395. The summed E-state index contributed by atoms with van der Waals surface area (Å²) in [6.45, 7) is 0. The third-order valence-corrected chi connectivity index (χ3v) is 4.86. The molecule has 0 aliphatic carbocycles. The number of amides is 1. The summed E-state index contributed by atoms with van der Waals surface area (Å²) in [4.78, 5) is 17.3. The number of pyridine rings is 1. The Labute approximate surface area is 176 Å². The molecule has 1 atom stereocenters.